The average molecular weight is 374 g/mol. The molecule has 0 radical (unpaired) electrons. The summed E-state index contributed by atoms with van der Waals surface area (Å²) in [6, 6.07) is 0. The third kappa shape index (κ3) is 6.51. The number of hydrogen-bond donors (Lipinski definition) is 4. The molecule has 0 bridgehead atoms. The summed E-state index contributed by atoms with van der Waals surface area (Å²) in [5.41, 5.74) is -1.14. The topological polar surface area (TPSA) is 169 Å². The van der Waals surface area contributed by atoms with Gasteiger partial charge in [0.05, 0.1) is 6.61 Å². The van der Waals surface area contributed by atoms with Crippen molar-refractivity contribution in [3.63, 3.8) is 0 Å². The van der Waals surface area contributed by atoms with Crippen LogP contribution in [0.15, 0.2) is 5.16 Å². The number of rotatable bonds is 6. The van der Waals surface area contributed by atoms with Gasteiger partial charge < -0.3 is 29.7 Å². The third-order valence-electron chi connectivity index (χ3n) is 2.91. The lowest BCUT2D eigenvalue weighted by molar-refractivity contribution is -0.205. The number of oxime groups is 1. The second kappa shape index (κ2) is 8.58. The van der Waals surface area contributed by atoms with Gasteiger partial charge >= 0.3 is 0 Å². The molecule has 10 nitrogen and oxygen atoms in total. The molecule has 0 unspecified atom stereocenters. The van der Waals surface area contributed by atoms with Crippen LogP contribution in [0.3, 0.4) is 0 Å². The Bertz CT molecular complexity index is 508. The van der Waals surface area contributed by atoms with Gasteiger partial charge in [-0.3, -0.25) is 4.28 Å². The fourth-order valence-corrected chi connectivity index (χ4v) is 3.35. The van der Waals surface area contributed by atoms with Crippen molar-refractivity contribution >= 4 is 27.2 Å². The number of ether oxygens (including phenoxy) is 1. The standard InChI is InChI=1S/C11H21NO9S2/c1-5(2)3-7(12-21-23(17,18)19)22-11-10(16)9(15)8(14)6(4-13)20-11/h5-6,8-11,13-16H,3-4H2,1-2H3,(H,17,18,19)/p-1/b12-7+/t6-,8-,9+,10-,11+/m1/s1. The van der Waals surface area contributed by atoms with E-state index in [0.29, 0.717) is 0 Å². The van der Waals surface area contributed by atoms with Crippen LogP contribution >= 0.6 is 11.8 Å². The van der Waals surface area contributed by atoms with Crippen molar-refractivity contribution in [3.8, 4) is 0 Å². The minimum absolute atomic E-state index is 0.0177. The van der Waals surface area contributed by atoms with Gasteiger partial charge in [-0.1, -0.05) is 30.8 Å². The summed E-state index contributed by atoms with van der Waals surface area (Å²) in [6.07, 6.45) is -5.47. The Morgan fingerprint density at radius 1 is 1.30 bits per heavy atom. The van der Waals surface area contributed by atoms with E-state index in [2.05, 4.69) is 9.44 Å². The van der Waals surface area contributed by atoms with Gasteiger partial charge in [-0.05, 0) is 5.92 Å². The van der Waals surface area contributed by atoms with Crippen LogP contribution in [0.2, 0.25) is 0 Å². The number of hydrogen-bond acceptors (Lipinski definition) is 11. The van der Waals surface area contributed by atoms with E-state index in [1.54, 1.807) is 13.8 Å². The van der Waals surface area contributed by atoms with E-state index in [9.17, 15) is 28.3 Å². The van der Waals surface area contributed by atoms with E-state index >= 15 is 0 Å². The van der Waals surface area contributed by atoms with Gasteiger partial charge in [-0.25, -0.2) is 0 Å². The minimum atomic E-state index is -5.03. The molecule has 0 aromatic rings. The first-order chi connectivity index (χ1) is 10.5. The summed E-state index contributed by atoms with van der Waals surface area (Å²) < 4.78 is 40.6. The second-order valence-electron chi connectivity index (χ2n) is 5.38. The van der Waals surface area contributed by atoms with Crippen molar-refractivity contribution in [2.75, 3.05) is 6.61 Å². The first kappa shape index (κ1) is 20.6. The fourth-order valence-electron chi connectivity index (χ4n) is 1.84. The second-order valence-corrected chi connectivity index (χ2v) is 7.52. The maximum absolute atomic E-state index is 10.5. The highest BCUT2D eigenvalue weighted by molar-refractivity contribution is 8.14. The van der Waals surface area contributed by atoms with E-state index in [1.165, 1.54) is 0 Å². The lowest BCUT2D eigenvalue weighted by Gasteiger charge is -2.39. The molecule has 0 aromatic heterocycles. The van der Waals surface area contributed by atoms with E-state index in [0.717, 1.165) is 11.8 Å². The van der Waals surface area contributed by atoms with Crippen LogP contribution in [0.1, 0.15) is 20.3 Å². The van der Waals surface area contributed by atoms with Crippen molar-refractivity contribution in [1.82, 2.24) is 0 Å². The number of aliphatic hydroxyl groups excluding tert-OH is 4. The lowest BCUT2D eigenvalue weighted by Crippen LogP contribution is -2.57. The average Bonchev–Trinajstić information content (AvgIpc) is 2.44. The quantitative estimate of drug-likeness (QED) is 0.139. The Labute approximate surface area is 138 Å². The predicted molar refractivity (Wildman–Crippen MR) is 79.0 cm³/mol. The van der Waals surface area contributed by atoms with Crippen LogP contribution in [-0.2, 0) is 19.4 Å². The molecule has 1 rings (SSSR count). The van der Waals surface area contributed by atoms with E-state index in [4.69, 9.17) is 9.84 Å². The zero-order valence-electron chi connectivity index (χ0n) is 12.5. The number of nitrogens with zero attached hydrogens (tertiary/aromatic N) is 1. The van der Waals surface area contributed by atoms with Crippen LogP contribution in [0.25, 0.3) is 0 Å². The van der Waals surface area contributed by atoms with Crippen LogP contribution < -0.4 is 0 Å². The van der Waals surface area contributed by atoms with Crippen molar-refractivity contribution in [2.24, 2.45) is 11.1 Å². The molecule has 0 aromatic carbocycles. The minimum Gasteiger partial charge on any atom is -0.714 e. The summed E-state index contributed by atoms with van der Waals surface area (Å²) >= 11 is 0.735. The van der Waals surface area contributed by atoms with Gasteiger partial charge in [0, 0.05) is 6.42 Å². The predicted octanol–water partition coefficient (Wildman–Crippen LogP) is -1.64. The van der Waals surface area contributed by atoms with Gasteiger partial charge in [-0.2, -0.15) is 8.42 Å². The van der Waals surface area contributed by atoms with Crippen molar-refractivity contribution in [1.29, 1.82) is 0 Å². The molecule has 23 heavy (non-hydrogen) atoms. The summed E-state index contributed by atoms with van der Waals surface area (Å²) in [6.45, 7) is 3.01. The molecule has 4 N–H and O–H groups in total. The molecular formula is C11H20NO9S2-. The van der Waals surface area contributed by atoms with Crippen LogP contribution in [-0.4, -0.2) is 74.9 Å². The van der Waals surface area contributed by atoms with E-state index < -0.39 is 46.9 Å². The van der Waals surface area contributed by atoms with Gasteiger partial charge in [0.15, 0.2) is 0 Å². The molecule has 0 saturated carbocycles. The molecule has 0 aliphatic carbocycles. The summed E-state index contributed by atoms with van der Waals surface area (Å²) in [7, 11) is -5.03. The largest absolute Gasteiger partial charge is 0.714 e. The Morgan fingerprint density at radius 2 is 1.91 bits per heavy atom. The Morgan fingerprint density at radius 3 is 2.39 bits per heavy atom. The highest BCUT2D eigenvalue weighted by Crippen LogP contribution is 2.31. The molecule has 0 amide bonds. The first-order valence-corrected chi connectivity index (χ1v) is 8.95. The molecule has 1 saturated heterocycles. The molecule has 12 heteroatoms. The third-order valence-corrected chi connectivity index (χ3v) is 4.31. The maximum Gasteiger partial charge on any atom is 0.284 e. The molecule has 1 aliphatic heterocycles. The highest BCUT2D eigenvalue weighted by atomic mass is 32.3. The maximum atomic E-state index is 10.5. The fraction of sp³-hybridized carbons (Fsp3) is 0.909. The molecule has 1 heterocycles. The molecule has 1 fully saturated rings. The summed E-state index contributed by atoms with van der Waals surface area (Å²) in [5.74, 6) is 0.0177. The van der Waals surface area contributed by atoms with Gasteiger partial charge in [0.25, 0.3) is 10.4 Å². The summed E-state index contributed by atoms with van der Waals surface area (Å²) in [4.78, 5) is 0. The van der Waals surface area contributed by atoms with Gasteiger partial charge in [0.1, 0.15) is 34.9 Å². The van der Waals surface area contributed by atoms with Crippen LogP contribution in [0.5, 0.6) is 0 Å². The van der Waals surface area contributed by atoms with Crippen molar-refractivity contribution in [2.45, 2.75) is 50.1 Å². The normalized spacial score (nSPS) is 33.0. The summed E-state index contributed by atoms with van der Waals surface area (Å²) in [5, 5.41) is 41.7. The SMILES string of the molecule is CC(C)C/C(=N\OS(=O)(=O)[O-])S[C@@H]1O[C@H](CO)[C@@H](O)[C@H](O)[C@H]1O. The molecule has 136 valence electrons. The van der Waals surface area contributed by atoms with Crippen LogP contribution in [0.4, 0.5) is 0 Å². The Balaban J connectivity index is 2.88. The van der Waals surface area contributed by atoms with Gasteiger partial charge in [-0.15, -0.1) is 0 Å². The molecule has 0 spiro atoms. The molecular weight excluding hydrogens is 354 g/mol. The number of aliphatic hydroxyl groups is 4. The lowest BCUT2D eigenvalue weighted by atomic mass is 10.0. The zero-order chi connectivity index (χ0) is 17.8. The van der Waals surface area contributed by atoms with Crippen LogP contribution in [0, 0.1) is 5.92 Å². The Hall–Kier alpha value is -0.470. The number of thioether (sulfide) groups is 1. The van der Waals surface area contributed by atoms with Crippen molar-refractivity contribution in [3.05, 3.63) is 0 Å². The Kier molecular flexibility index (Phi) is 7.67. The zero-order valence-corrected chi connectivity index (χ0v) is 14.1. The van der Waals surface area contributed by atoms with Gasteiger partial charge in [0.2, 0.25) is 0 Å². The highest BCUT2D eigenvalue weighted by Gasteiger charge is 2.44. The smallest absolute Gasteiger partial charge is 0.284 e. The van der Waals surface area contributed by atoms with E-state index in [1.807, 2.05) is 0 Å². The first-order valence-electron chi connectivity index (χ1n) is 6.73. The molecule has 5 atom stereocenters. The van der Waals surface area contributed by atoms with E-state index in [-0.39, 0.29) is 17.4 Å². The monoisotopic (exact) mass is 374 g/mol. The molecule has 1 aliphatic rings. The van der Waals surface area contributed by atoms with Crippen molar-refractivity contribution < 1.29 is 42.4 Å².